The number of nitrogens with zero attached hydrogens (tertiary/aromatic N) is 5. The maximum atomic E-state index is 12.6. The summed E-state index contributed by atoms with van der Waals surface area (Å²) in [5, 5.41) is 19.7. The lowest BCUT2D eigenvalue weighted by Gasteiger charge is -2.44. The first-order valence-electron chi connectivity index (χ1n) is 11.1. The molecule has 1 aliphatic heterocycles. The molecule has 2 heterocycles. The van der Waals surface area contributed by atoms with Crippen molar-refractivity contribution in [1.82, 2.24) is 4.98 Å². The van der Waals surface area contributed by atoms with E-state index in [0.717, 1.165) is 42.9 Å². The highest BCUT2D eigenvalue weighted by Crippen LogP contribution is 2.42. The van der Waals surface area contributed by atoms with Crippen LogP contribution >= 0.6 is 0 Å². The largest absolute Gasteiger partial charge is 0.506 e. The number of para-hydroxylation sites is 2. The average Bonchev–Trinajstić information content (AvgIpc) is 3.63. The Morgan fingerprint density at radius 3 is 2.39 bits per heavy atom. The van der Waals surface area contributed by atoms with Crippen molar-refractivity contribution in [1.29, 1.82) is 5.26 Å². The summed E-state index contributed by atoms with van der Waals surface area (Å²) in [5.41, 5.74) is 2.08. The number of phenolic OH excluding ortho intramolecular Hbond substituents is 1. The van der Waals surface area contributed by atoms with E-state index in [2.05, 4.69) is 20.9 Å². The molecule has 2 aromatic rings. The van der Waals surface area contributed by atoms with Gasteiger partial charge in [0.1, 0.15) is 17.5 Å². The van der Waals surface area contributed by atoms with Gasteiger partial charge < -0.3 is 19.8 Å². The van der Waals surface area contributed by atoms with Gasteiger partial charge in [-0.05, 0) is 62.8 Å². The first-order valence-corrected chi connectivity index (χ1v) is 11.1. The number of benzene rings is 1. The molecule has 0 unspecified atom stereocenters. The van der Waals surface area contributed by atoms with Gasteiger partial charge in [-0.1, -0.05) is 12.1 Å². The third-order valence-electron chi connectivity index (χ3n) is 6.88. The number of aromatic nitrogens is 1. The van der Waals surface area contributed by atoms with Gasteiger partial charge in [0, 0.05) is 25.2 Å². The molecule has 3 aliphatic rings. The SMILES string of the molecule is CN1C(=O)CN(C2CCC(N(c3ccccc3O)C3CC3)CC2)c2nc(C#N)ccc21. The number of fused-ring (bicyclic) bond motifs is 1. The highest BCUT2D eigenvalue weighted by Gasteiger charge is 2.40. The van der Waals surface area contributed by atoms with Crippen LogP contribution in [0.2, 0.25) is 0 Å². The lowest BCUT2D eigenvalue weighted by atomic mass is 9.88. The predicted octanol–water partition coefficient (Wildman–Crippen LogP) is 3.42. The predicted molar refractivity (Wildman–Crippen MR) is 119 cm³/mol. The minimum Gasteiger partial charge on any atom is -0.506 e. The van der Waals surface area contributed by atoms with Crippen LogP contribution in [0, 0.1) is 11.3 Å². The summed E-state index contributed by atoms with van der Waals surface area (Å²) in [5.74, 6) is 1.14. The van der Waals surface area contributed by atoms with Crippen LogP contribution in [0.4, 0.5) is 17.2 Å². The number of anilines is 3. The maximum absolute atomic E-state index is 12.6. The molecule has 1 amide bonds. The molecule has 0 radical (unpaired) electrons. The van der Waals surface area contributed by atoms with Crippen molar-refractivity contribution < 1.29 is 9.90 Å². The van der Waals surface area contributed by atoms with Gasteiger partial charge in [-0.3, -0.25) is 4.79 Å². The van der Waals surface area contributed by atoms with Gasteiger partial charge in [-0.25, -0.2) is 4.98 Å². The Hall–Kier alpha value is -3.27. The van der Waals surface area contributed by atoms with Gasteiger partial charge in [0.2, 0.25) is 5.91 Å². The van der Waals surface area contributed by atoms with Crippen molar-refractivity contribution in [3.63, 3.8) is 0 Å². The zero-order valence-electron chi connectivity index (χ0n) is 17.7. The number of rotatable bonds is 4. The number of likely N-dealkylation sites (N-methyl/N-ethyl adjacent to an activating group) is 1. The first-order chi connectivity index (χ1) is 15.1. The molecule has 0 spiro atoms. The molecule has 7 nitrogen and oxygen atoms in total. The third kappa shape index (κ3) is 3.56. The number of carbonyl (C=O) groups is 1. The normalized spacial score (nSPS) is 23.3. The van der Waals surface area contributed by atoms with E-state index in [0.29, 0.717) is 30.1 Å². The average molecular weight is 418 g/mol. The second-order valence-electron chi connectivity index (χ2n) is 8.82. The summed E-state index contributed by atoms with van der Waals surface area (Å²) in [6.45, 7) is 0.298. The van der Waals surface area contributed by atoms with E-state index in [-0.39, 0.29) is 11.9 Å². The molecule has 1 N–H and O–H groups in total. The van der Waals surface area contributed by atoms with Gasteiger partial charge in [0.25, 0.3) is 0 Å². The fourth-order valence-corrected chi connectivity index (χ4v) is 5.11. The smallest absolute Gasteiger partial charge is 0.246 e. The summed E-state index contributed by atoms with van der Waals surface area (Å²) in [6.07, 6.45) is 6.27. The number of hydrogen-bond acceptors (Lipinski definition) is 6. The summed E-state index contributed by atoms with van der Waals surface area (Å²) in [6, 6.07) is 14.4. The van der Waals surface area contributed by atoms with Crippen molar-refractivity contribution in [3.8, 4) is 11.8 Å². The molecule has 2 fully saturated rings. The zero-order valence-corrected chi connectivity index (χ0v) is 17.7. The Bertz CT molecular complexity index is 1040. The monoisotopic (exact) mass is 417 g/mol. The first kappa shape index (κ1) is 19.7. The Kier molecular flexibility index (Phi) is 4.93. The molecule has 1 aromatic carbocycles. The molecule has 0 atom stereocenters. The van der Waals surface area contributed by atoms with Crippen LogP contribution in [-0.4, -0.2) is 47.7 Å². The van der Waals surface area contributed by atoms with Crippen molar-refractivity contribution in [2.45, 2.75) is 56.7 Å². The Labute approximate surface area is 182 Å². The standard InChI is InChI=1S/C24H27N5O2/c1-27-21-13-6-16(14-25)26-24(21)28(15-23(27)31)17-7-9-18(10-8-17)29(19-11-12-19)20-4-2-3-5-22(20)30/h2-6,13,17-19,30H,7-12,15H2,1H3. The summed E-state index contributed by atoms with van der Waals surface area (Å²) in [4.78, 5) is 23.3. The lowest BCUT2D eigenvalue weighted by molar-refractivity contribution is -0.117. The van der Waals surface area contributed by atoms with E-state index >= 15 is 0 Å². The molecular formula is C24H27N5O2. The van der Waals surface area contributed by atoms with Crippen LogP contribution in [0.25, 0.3) is 0 Å². The molecule has 1 aromatic heterocycles. The number of carbonyl (C=O) groups excluding carboxylic acids is 1. The van der Waals surface area contributed by atoms with Crippen molar-refractivity contribution in [3.05, 3.63) is 42.1 Å². The molecule has 2 saturated carbocycles. The minimum absolute atomic E-state index is 0.0509. The van der Waals surface area contributed by atoms with Gasteiger partial charge in [0.15, 0.2) is 5.82 Å². The second-order valence-corrected chi connectivity index (χ2v) is 8.82. The number of pyridine rings is 1. The highest BCUT2D eigenvalue weighted by atomic mass is 16.3. The van der Waals surface area contributed by atoms with Crippen LogP contribution in [0.1, 0.15) is 44.2 Å². The van der Waals surface area contributed by atoms with Crippen molar-refractivity contribution >= 4 is 23.1 Å². The molecule has 5 rings (SSSR count). The van der Waals surface area contributed by atoms with Crippen molar-refractivity contribution in [2.24, 2.45) is 0 Å². The highest BCUT2D eigenvalue weighted by molar-refractivity contribution is 6.02. The van der Waals surface area contributed by atoms with E-state index in [9.17, 15) is 15.2 Å². The van der Waals surface area contributed by atoms with Gasteiger partial charge in [-0.2, -0.15) is 5.26 Å². The van der Waals surface area contributed by atoms with Gasteiger partial charge >= 0.3 is 0 Å². The second kappa shape index (κ2) is 7.77. The Balaban J connectivity index is 1.36. The van der Waals surface area contributed by atoms with E-state index in [1.54, 1.807) is 24.1 Å². The molecule has 7 heteroatoms. The number of nitriles is 1. The van der Waals surface area contributed by atoms with Crippen LogP contribution in [0.5, 0.6) is 5.75 Å². The topological polar surface area (TPSA) is 83.7 Å². The molecule has 160 valence electrons. The van der Waals surface area contributed by atoms with E-state index in [1.807, 2.05) is 24.3 Å². The number of hydrogen-bond donors (Lipinski definition) is 1. The van der Waals surface area contributed by atoms with Crippen LogP contribution in [0.3, 0.4) is 0 Å². The van der Waals surface area contributed by atoms with Crippen molar-refractivity contribution in [2.75, 3.05) is 28.3 Å². The Morgan fingerprint density at radius 2 is 1.74 bits per heavy atom. The van der Waals surface area contributed by atoms with E-state index < -0.39 is 0 Å². The summed E-state index contributed by atoms with van der Waals surface area (Å²) in [7, 11) is 1.77. The zero-order chi connectivity index (χ0) is 21.5. The summed E-state index contributed by atoms with van der Waals surface area (Å²) < 4.78 is 0. The summed E-state index contributed by atoms with van der Waals surface area (Å²) >= 11 is 0. The lowest BCUT2D eigenvalue weighted by Crippen LogP contribution is -2.51. The van der Waals surface area contributed by atoms with E-state index in [1.165, 1.54) is 12.8 Å². The molecule has 2 aliphatic carbocycles. The number of aromatic hydroxyl groups is 1. The van der Waals surface area contributed by atoms with E-state index in [4.69, 9.17) is 0 Å². The van der Waals surface area contributed by atoms with Crippen LogP contribution < -0.4 is 14.7 Å². The minimum atomic E-state index is 0.0509. The Morgan fingerprint density at radius 1 is 1.06 bits per heavy atom. The third-order valence-corrected chi connectivity index (χ3v) is 6.88. The van der Waals surface area contributed by atoms with Crippen LogP contribution in [0.15, 0.2) is 36.4 Å². The fourth-order valence-electron chi connectivity index (χ4n) is 5.11. The van der Waals surface area contributed by atoms with Gasteiger partial charge in [0.05, 0.1) is 17.9 Å². The maximum Gasteiger partial charge on any atom is 0.246 e. The quantitative estimate of drug-likeness (QED) is 0.821. The fraction of sp³-hybridized carbons (Fsp3) is 0.458. The molecule has 0 saturated heterocycles. The molecule has 0 bridgehead atoms. The van der Waals surface area contributed by atoms with Crippen LogP contribution in [-0.2, 0) is 4.79 Å². The number of phenols is 1. The molecular weight excluding hydrogens is 390 g/mol. The number of amides is 1. The van der Waals surface area contributed by atoms with Gasteiger partial charge in [-0.15, -0.1) is 0 Å². The molecule has 31 heavy (non-hydrogen) atoms.